The smallest absolute Gasteiger partial charge is 0.220 e. The summed E-state index contributed by atoms with van der Waals surface area (Å²) in [6.07, 6.45) is 92.9. The molecule has 4 heteroatoms. The summed E-state index contributed by atoms with van der Waals surface area (Å²) in [5.41, 5.74) is 0. The highest BCUT2D eigenvalue weighted by molar-refractivity contribution is 5.76. The average molecular weight is 1070 g/mol. The molecule has 0 saturated heterocycles. The number of aliphatic hydroxyl groups is 2. The quantitative estimate of drug-likeness (QED) is 0.0420. The Morgan fingerprint density at radius 1 is 0.303 bits per heavy atom. The minimum atomic E-state index is -0.861. The van der Waals surface area contributed by atoms with Gasteiger partial charge in [0, 0.05) is 6.42 Å². The van der Waals surface area contributed by atoms with E-state index in [2.05, 4.69) is 31.3 Å². The second-order valence-corrected chi connectivity index (χ2v) is 24.7. The second kappa shape index (κ2) is 68.1. The summed E-state index contributed by atoms with van der Waals surface area (Å²) >= 11 is 0. The summed E-state index contributed by atoms with van der Waals surface area (Å²) in [4.78, 5) is 12.5. The molecule has 0 fully saturated rings. The van der Waals surface area contributed by atoms with Crippen molar-refractivity contribution in [2.75, 3.05) is 6.61 Å². The zero-order valence-corrected chi connectivity index (χ0v) is 52.3. The number of hydrogen-bond donors (Lipinski definition) is 3. The second-order valence-electron chi connectivity index (χ2n) is 24.7. The fourth-order valence-corrected chi connectivity index (χ4v) is 11.6. The van der Waals surface area contributed by atoms with Crippen molar-refractivity contribution in [2.24, 2.45) is 0 Å². The number of nitrogens with one attached hydrogen (secondary N) is 1. The molecule has 0 aliphatic heterocycles. The molecule has 1 amide bonds. The van der Waals surface area contributed by atoms with Crippen LogP contribution in [0.3, 0.4) is 0 Å². The molecule has 2 unspecified atom stereocenters. The molecule has 3 N–H and O–H groups in total. The van der Waals surface area contributed by atoms with Gasteiger partial charge in [-0.05, 0) is 32.1 Å². The molecule has 4 nitrogen and oxygen atoms in total. The van der Waals surface area contributed by atoms with Crippen molar-refractivity contribution in [3.8, 4) is 0 Å². The molecular formula is C72H141NO3. The van der Waals surface area contributed by atoms with Crippen molar-refractivity contribution >= 4 is 5.91 Å². The molecule has 0 aromatic heterocycles. The zero-order chi connectivity index (χ0) is 54.8. The molecule has 0 spiro atoms. The van der Waals surface area contributed by atoms with Crippen LogP contribution in [-0.2, 0) is 4.79 Å². The predicted molar refractivity (Wildman–Crippen MR) is 341 cm³/mol. The van der Waals surface area contributed by atoms with Crippen LogP contribution in [0, 0.1) is 0 Å². The van der Waals surface area contributed by atoms with Gasteiger partial charge in [0.2, 0.25) is 5.91 Å². The molecule has 0 heterocycles. The lowest BCUT2D eigenvalue weighted by Gasteiger charge is -2.19. The SMILES string of the molecule is CCCCCCCCCCCCCCCCCCCCCCCCCCCC/C=C/CC/C=C/C(O)C(CO)NC(=O)CCCCCCCCCCCCCCCCCCCCCCCCCCCCCCCCCC. The molecule has 0 rings (SSSR count). The molecule has 76 heavy (non-hydrogen) atoms. The van der Waals surface area contributed by atoms with Gasteiger partial charge in [-0.25, -0.2) is 0 Å². The Kier molecular flexibility index (Phi) is 67.1. The van der Waals surface area contributed by atoms with E-state index in [4.69, 9.17) is 0 Å². The van der Waals surface area contributed by atoms with Gasteiger partial charge in [-0.1, -0.05) is 398 Å². The molecule has 0 saturated carbocycles. The van der Waals surface area contributed by atoms with Gasteiger partial charge >= 0.3 is 0 Å². The third-order valence-corrected chi connectivity index (χ3v) is 16.9. The molecule has 452 valence electrons. The summed E-state index contributed by atoms with van der Waals surface area (Å²) < 4.78 is 0. The lowest BCUT2D eigenvalue weighted by molar-refractivity contribution is -0.123. The first-order chi connectivity index (χ1) is 37.7. The van der Waals surface area contributed by atoms with Crippen molar-refractivity contribution in [3.63, 3.8) is 0 Å². The first-order valence-electron chi connectivity index (χ1n) is 35.6. The minimum absolute atomic E-state index is 0.0638. The fraction of sp³-hybridized carbons (Fsp3) is 0.931. The predicted octanol–water partition coefficient (Wildman–Crippen LogP) is 24.2. The molecule has 0 radical (unpaired) electrons. The Hall–Kier alpha value is -1.13. The molecule has 2 atom stereocenters. The van der Waals surface area contributed by atoms with Gasteiger partial charge in [0.25, 0.3) is 0 Å². The lowest BCUT2D eigenvalue weighted by atomic mass is 10.0. The lowest BCUT2D eigenvalue weighted by Crippen LogP contribution is -2.45. The molecule has 0 aromatic rings. The first kappa shape index (κ1) is 74.9. The molecule has 0 aliphatic rings. The number of allylic oxidation sites excluding steroid dienone is 3. The largest absolute Gasteiger partial charge is 0.394 e. The molecule has 0 bridgehead atoms. The maximum absolute atomic E-state index is 12.5. The number of carbonyl (C=O) groups excluding carboxylic acids is 1. The third-order valence-electron chi connectivity index (χ3n) is 16.9. The highest BCUT2D eigenvalue weighted by Gasteiger charge is 2.18. The van der Waals surface area contributed by atoms with Crippen molar-refractivity contribution < 1.29 is 15.0 Å². The van der Waals surface area contributed by atoms with E-state index in [1.807, 2.05) is 6.08 Å². The van der Waals surface area contributed by atoms with E-state index in [-0.39, 0.29) is 12.5 Å². The standard InChI is InChI=1S/C72H141NO3/c1-3-5-7-9-11-13-15-17-19-21-23-25-27-29-31-33-35-37-39-41-43-45-47-49-51-53-55-57-59-61-63-65-67-71(75)70(69-74)73-72(76)68-66-64-62-60-58-56-54-52-50-48-46-44-42-40-38-36-34-32-30-28-26-24-22-20-18-16-14-12-10-8-6-4-2/h57,59,65,67,70-71,74-75H,3-56,58,60-64,66,68-69H2,1-2H3,(H,73,76)/b59-57+,67-65+. The Morgan fingerprint density at radius 2 is 0.513 bits per heavy atom. The Morgan fingerprint density at radius 3 is 0.763 bits per heavy atom. The Labute approximate surface area is 479 Å². The van der Waals surface area contributed by atoms with Crippen LogP contribution in [-0.4, -0.2) is 34.9 Å². The van der Waals surface area contributed by atoms with Crippen LogP contribution >= 0.6 is 0 Å². The summed E-state index contributed by atoms with van der Waals surface area (Å²) in [6, 6.07) is -0.638. The highest BCUT2D eigenvalue weighted by Crippen LogP contribution is 2.20. The Bertz CT molecular complexity index is 1120. The maximum atomic E-state index is 12.5. The van der Waals surface area contributed by atoms with Gasteiger partial charge in [0.15, 0.2) is 0 Å². The zero-order valence-electron chi connectivity index (χ0n) is 52.3. The summed E-state index contributed by atoms with van der Waals surface area (Å²) in [5.74, 6) is -0.0638. The first-order valence-corrected chi connectivity index (χ1v) is 35.6. The van der Waals surface area contributed by atoms with Crippen LogP contribution < -0.4 is 5.32 Å². The number of amides is 1. The summed E-state index contributed by atoms with van der Waals surface area (Å²) in [5, 5.41) is 23.3. The van der Waals surface area contributed by atoms with Gasteiger partial charge in [0.05, 0.1) is 18.8 Å². The van der Waals surface area contributed by atoms with Gasteiger partial charge in [-0.2, -0.15) is 0 Å². The number of unbranched alkanes of at least 4 members (excludes halogenated alkanes) is 58. The van der Waals surface area contributed by atoms with Crippen molar-refractivity contribution in [1.82, 2.24) is 5.32 Å². The third kappa shape index (κ3) is 63.7. The van der Waals surface area contributed by atoms with Crippen molar-refractivity contribution in [1.29, 1.82) is 0 Å². The monoisotopic (exact) mass is 1070 g/mol. The molecular weight excluding hydrogens is 927 g/mol. The number of aliphatic hydroxyl groups excluding tert-OH is 2. The number of carbonyl (C=O) groups is 1. The van der Waals surface area contributed by atoms with E-state index >= 15 is 0 Å². The van der Waals surface area contributed by atoms with Crippen LogP contribution in [0.2, 0.25) is 0 Å². The number of rotatable bonds is 67. The van der Waals surface area contributed by atoms with E-state index in [1.54, 1.807) is 6.08 Å². The van der Waals surface area contributed by atoms with E-state index in [1.165, 1.54) is 360 Å². The summed E-state index contributed by atoms with van der Waals surface area (Å²) in [7, 11) is 0. The highest BCUT2D eigenvalue weighted by atomic mass is 16.3. The molecule has 0 aromatic carbocycles. The Balaban J connectivity index is 3.42. The normalized spacial score (nSPS) is 12.7. The van der Waals surface area contributed by atoms with E-state index < -0.39 is 12.1 Å². The van der Waals surface area contributed by atoms with Crippen LogP contribution in [0.5, 0.6) is 0 Å². The van der Waals surface area contributed by atoms with E-state index in [0.29, 0.717) is 6.42 Å². The van der Waals surface area contributed by atoms with Crippen molar-refractivity contribution in [2.45, 2.75) is 424 Å². The topological polar surface area (TPSA) is 69.6 Å². The van der Waals surface area contributed by atoms with Crippen LogP contribution in [0.4, 0.5) is 0 Å². The van der Waals surface area contributed by atoms with E-state index in [9.17, 15) is 15.0 Å². The maximum Gasteiger partial charge on any atom is 0.220 e. The minimum Gasteiger partial charge on any atom is -0.394 e. The van der Waals surface area contributed by atoms with Crippen molar-refractivity contribution in [3.05, 3.63) is 24.3 Å². The van der Waals surface area contributed by atoms with Crippen LogP contribution in [0.1, 0.15) is 412 Å². The van der Waals surface area contributed by atoms with Gasteiger partial charge in [-0.15, -0.1) is 0 Å². The van der Waals surface area contributed by atoms with Gasteiger partial charge < -0.3 is 15.5 Å². The van der Waals surface area contributed by atoms with Crippen LogP contribution in [0.25, 0.3) is 0 Å². The van der Waals surface area contributed by atoms with Gasteiger partial charge in [0.1, 0.15) is 0 Å². The van der Waals surface area contributed by atoms with E-state index in [0.717, 1.165) is 32.1 Å². The van der Waals surface area contributed by atoms with Crippen LogP contribution in [0.15, 0.2) is 24.3 Å². The summed E-state index contributed by atoms with van der Waals surface area (Å²) in [6.45, 7) is 4.36. The fourth-order valence-electron chi connectivity index (χ4n) is 11.6. The average Bonchev–Trinajstić information content (AvgIpc) is 3.42. The molecule has 0 aliphatic carbocycles. The van der Waals surface area contributed by atoms with Gasteiger partial charge in [-0.3, -0.25) is 4.79 Å². The number of hydrogen-bond acceptors (Lipinski definition) is 3.